The number of carbonyl (C=O) groups is 2. The Balaban J connectivity index is 1.39. The van der Waals surface area contributed by atoms with Crippen molar-refractivity contribution in [1.82, 2.24) is 25.1 Å². The molecule has 8 heteroatoms. The molecular weight excluding hydrogens is 356 g/mol. The molecule has 3 aliphatic rings. The van der Waals surface area contributed by atoms with Gasteiger partial charge in [-0.15, -0.1) is 0 Å². The standard InChI is InChI=1S/C20H30N6O2/c1-15-11-19(2,3)13-20(12-15)16(27)26(18(28)23-20)14-24-7-9-25(10-8-24)17-21-5-4-6-22-17/h4-6,15H,7-14H2,1-3H3,(H,23,28)/t15-,20+/m1/s1. The summed E-state index contributed by atoms with van der Waals surface area (Å²) in [6, 6.07) is 1.56. The molecule has 1 aliphatic carbocycles. The van der Waals surface area contributed by atoms with Gasteiger partial charge in [0.15, 0.2) is 0 Å². The van der Waals surface area contributed by atoms with E-state index < -0.39 is 5.54 Å². The summed E-state index contributed by atoms with van der Waals surface area (Å²) in [6.07, 6.45) is 6.02. The zero-order chi connectivity index (χ0) is 19.9. The minimum atomic E-state index is -0.724. The molecule has 1 aromatic heterocycles. The van der Waals surface area contributed by atoms with Crippen LogP contribution in [0, 0.1) is 11.3 Å². The highest BCUT2D eigenvalue weighted by molar-refractivity contribution is 6.07. The van der Waals surface area contributed by atoms with Gasteiger partial charge in [0.2, 0.25) is 5.95 Å². The number of hydrogen-bond donors (Lipinski definition) is 1. The van der Waals surface area contributed by atoms with Gasteiger partial charge < -0.3 is 10.2 Å². The van der Waals surface area contributed by atoms with Crippen LogP contribution >= 0.6 is 0 Å². The van der Waals surface area contributed by atoms with E-state index in [-0.39, 0.29) is 17.4 Å². The molecule has 0 bridgehead atoms. The highest BCUT2D eigenvalue weighted by Gasteiger charge is 2.56. The summed E-state index contributed by atoms with van der Waals surface area (Å²) >= 11 is 0. The van der Waals surface area contributed by atoms with E-state index >= 15 is 0 Å². The van der Waals surface area contributed by atoms with E-state index in [9.17, 15) is 9.59 Å². The number of imide groups is 1. The van der Waals surface area contributed by atoms with Gasteiger partial charge in [0.1, 0.15) is 5.54 Å². The number of piperazine rings is 1. The van der Waals surface area contributed by atoms with Crippen LogP contribution in [-0.4, -0.2) is 70.1 Å². The first-order valence-electron chi connectivity index (χ1n) is 10.2. The Hall–Kier alpha value is -2.22. The molecule has 8 nitrogen and oxygen atoms in total. The largest absolute Gasteiger partial charge is 0.338 e. The van der Waals surface area contributed by atoms with Crippen LogP contribution in [0.1, 0.15) is 40.0 Å². The lowest BCUT2D eigenvalue weighted by Crippen LogP contribution is -2.55. The van der Waals surface area contributed by atoms with E-state index in [1.807, 2.05) is 0 Å². The second-order valence-corrected chi connectivity index (χ2v) is 9.40. The van der Waals surface area contributed by atoms with E-state index in [0.29, 0.717) is 19.0 Å². The van der Waals surface area contributed by atoms with E-state index in [4.69, 9.17) is 0 Å². The van der Waals surface area contributed by atoms with Gasteiger partial charge in [0.25, 0.3) is 5.91 Å². The number of rotatable bonds is 3. The normalized spacial score (nSPS) is 30.8. The molecule has 3 heterocycles. The maximum atomic E-state index is 13.3. The van der Waals surface area contributed by atoms with Crippen LogP contribution in [0.5, 0.6) is 0 Å². The zero-order valence-corrected chi connectivity index (χ0v) is 17.0. The van der Waals surface area contributed by atoms with Gasteiger partial charge >= 0.3 is 6.03 Å². The molecule has 152 valence electrons. The number of hydrogen-bond acceptors (Lipinski definition) is 6. The fourth-order valence-electron chi connectivity index (χ4n) is 5.38. The molecule has 1 N–H and O–H groups in total. The monoisotopic (exact) mass is 386 g/mol. The van der Waals surface area contributed by atoms with Crippen LogP contribution in [0.2, 0.25) is 0 Å². The van der Waals surface area contributed by atoms with Gasteiger partial charge in [-0.1, -0.05) is 20.8 Å². The van der Waals surface area contributed by atoms with Crippen LogP contribution in [0.3, 0.4) is 0 Å². The van der Waals surface area contributed by atoms with Crippen molar-refractivity contribution in [1.29, 1.82) is 0 Å². The fraction of sp³-hybridized carbons (Fsp3) is 0.700. The Kier molecular flexibility index (Phi) is 4.77. The minimum absolute atomic E-state index is 0.0500. The maximum absolute atomic E-state index is 13.3. The molecule has 2 aliphatic heterocycles. The minimum Gasteiger partial charge on any atom is -0.338 e. The van der Waals surface area contributed by atoms with Crippen molar-refractivity contribution >= 4 is 17.9 Å². The van der Waals surface area contributed by atoms with Gasteiger partial charge in [-0.25, -0.2) is 19.7 Å². The summed E-state index contributed by atoms with van der Waals surface area (Å²) in [7, 11) is 0. The lowest BCUT2D eigenvalue weighted by Gasteiger charge is -2.44. The molecule has 1 aromatic rings. The topological polar surface area (TPSA) is 81.7 Å². The van der Waals surface area contributed by atoms with E-state index in [1.165, 1.54) is 4.90 Å². The van der Waals surface area contributed by atoms with Crippen molar-refractivity contribution < 1.29 is 9.59 Å². The summed E-state index contributed by atoms with van der Waals surface area (Å²) in [5.41, 5.74) is -0.671. The Morgan fingerprint density at radius 3 is 2.43 bits per heavy atom. The smallest absolute Gasteiger partial charge is 0.326 e. The first-order chi connectivity index (χ1) is 13.3. The van der Waals surface area contributed by atoms with Crippen molar-refractivity contribution in [2.24, 2.45) is 11.3 Å². The Morgan fingerprint density at radius 2 is 1.79 bits per heavy atom. The van der Waals surface area contributed by atoms with Gasteiger partial charge in [-0.2, -0.15) is 0 Å². The molecule has 3 amide bonds. The molecule has 3 fully saturated rings. The first-order valence-corrected chi connectivity index (χ1v) is 10.2. The molecule has 4 rings (SSSR count). The van der Waals surface area contributed by atoms with Crippen molar-refractivity contribution in [2.45, 2.75) is 45.6 Å². The number of nitrogens with zero attached hydrogens (tertiary/aromatic N) is 5. The van der Waals surface area contributed by atoms with Crippen LogP contribution < -0.4 is 10.2 Å². The number of nitrogens with one attached hydrogen (secondary N) is 1. The third-order valence-electron chi connectivity index (χ3n) is 6.17. The van der Waals surface area contributed by atoms with Gasteiger partial charge in [0.05, 0.1) is 6.67 Å². The van der Waals surface area contributed by atoms with Crippen molar-refractivity contribution in [2.75, 3.05) is 37.7 Å². The molecule has 1 saturated carbocycles. The molecule has 0 radical (unpaired) electrons. The highest BCUT2D eigenvalue weighted by Crippen LogP contribution is 2.46. The third kappa shape index (κ3) is 3.57. The van der Waals surface area contributed by atoms with Crippen molar-refractivity contribution in [3.63, 3.8) is 0 Å². The zero-order valence-electron chi connectivity index (χ0n) is 17.0. The third-order valence-corrected chi connectivity index (χ3v) is 6.17. The van der Waals surface area contributed by atoms with Crippen LogP contribution in [0.4, 0.5) is 10.7 Å². The van der Waals surface area contributed by atoms with E-state index in [1.54, 1.807) is 18.5 Å². The Morgan fingerprint density at radius 1 is 1.11 bits per heavy atom. The molecule has 28 heavy (non-hydrogen) atoms. The summed E-state index contributed by atoms with van der Waals surface area (Å²) in [5.74, 6) is 1.10. The van der Waals surface area contributed by atoms with Crippen molar-refractivity contribution in [3.8, 4) is 0 Å². The molecular formula is C20H30N6O2. The average Bonchev–Trinajstić information content (AvgIpc) is 2.85. The second-order valence-electron chi connectivity index (χ2n) is 9.40. The Bertz CT molecular complexity index is 746. The van der Waals surface area contributed by atoms with Crippen LogP contribution in [0.25, 0.3) is 0 Å². The predicted molar refractivity (Wildman–Crippen MR) is 106 cm³/mol. The lowest BCUT2D eigenvalue weighted by atomic mass is 9.64. The summed E-state index contributed by atoms with van der Waals surface area (Å²) in [5, 5.41) is 3.06. The second kappa shape index (κ2) is 6.99. The van der Waals surface area contributed by atoms with Gasteiger partial charge in [0, 0.05) is 38.6 Å². The summed E-state index contributed by atoms with van der Waals surface area (Å²) < 4.78 is 0. The predicted octanol–water partition coefficient (Wildman–Crippen LogP) is 1.69. The highest BCUT2D eigenvalue weighted by atomic mass is 16.2. The molecule has 2 saturated heterocycles. The number of aromatic nitrogens is 2. The van der Waals surface area contributed by atoms with E-state index in [2.05, 4.69) is 45.9 Å². The maximum Gasteiger partial charge on any atom is 0.326 e. The number of amides is 3. The summed E-state index contributed by atoms with van der Waals surface area (Å²) in [4.78, 5) is 40.3. The molecule has 1 spiro atoms. The quantitative estimate of drug-likeness (QED) is 0.796. The number of anilines is 1. The Labute approximate surface area is 166 Å². The lowest BCUT2D eigenvalue weighted by molar-refractivity contribution is -0.136. The average molecular weight is 387 g/mol. The SMILES string of the molecule is C[C@@H]1CC(C)(C)C[C@]2(C1)NC(=O)N(CN1CCN(c3ncccn3)CC1)C2=O. The molecule has 0 unspecified atom stereocenters. The number of carbonyl (C=O) groups excluding carboxylic acids is 2. The number of urea groups is 1. The van der Waals surface area contributed by atoms with Crippen molar-refractivity contribution in [3.05, 3.63) is 18.5 Å². The fourth-order valence-corrected chi connectivity index (χ4v) is 5.38. The van der Waals surface area contributed by atoms with Crippen LogP contribution in [0.15, 0.2) is 18.5 Å². The summed E-state index contributed by atoms with van der Waals surface area (Å²) in [6.45, 7) is 10.0. The van der Waals surface area contributed by atoms with Crippen LogP contribution in [-0.2, 0) is 4.79 Å². The molecule has 2 atom stereocenters. The van der Waals surface area contributed by atoms with E-state index in [0.717, 1.165) is 45.0 Å². The van der Waals surface area contributed by atoms with Gasteiger partial charge in [-0.05, 0) is 36.7 Å². The molecule has 0 aromatic carbocycles. The first kappa shape index (κ1) is 19.1. The van der Waals surface area contributed by atoms with Gasteiger partial charge in [-0.3, -0.25) is 9.69 Å².